The minimum Gasteiger partial charge on any atom is -0.503 e. The predicted octanol–water partition coefficient (Wildman–Crippen LogP) is 5.98. The maximum absolute atomic E-state index is 13.7. The van der Waals surface area contributed by atoms with Crippen molar-refractivity contribution < 1.29 is 19.1 Å². The summed E-state index contributed by atoms with van der Waals surface area (Å²) in [6.07, 6.45) is 0. The van der Waals surface area contributed by atoms with Crippen molar-refractivity contribution in [2.45, 2.75) is 13.0 Å². The number of nitrogens with zero attached hydrogens (tertiary/aromatic N) is 1. The third kappa shape index (κ3) is 3.39. The van der Waals surface area contributed by atoms with Crippen LogP contribution in [0.2, 0.25) is 5.02 Å². The molecule has 1 aromatic heterocycles. The average molecular weight is 527 g/mol. The smallest absolute Gasteiger partial charge is 0.295 e. The third-order valence-corrected chi connectivity index (χ3v) is 6.54. The second kappa shape index (κ2) is 7.93. The van der Waals surface area contributed by atoms with Crippen LogP contribution in [0.15, 0.2) is 68.3 Å². The lowest BCUT2D eigenvalue weighted by Crippen LogP contribution is -2.29. The monoisotopic (exact) mass is 525 g/mol. The second-order valence-electron chi connectivity index (χ2n) is 7.78. The number of ether oxygens (including phenoxy) is 1. The maximum Gasteiger partial charge on any atom is 0.295 e. The summed E-state index contributed by atoms with van der Waals surface area (Å²) in [6.45, 7) is 1.88. The van der Waals surface area contributed by atoms with Gasteiger partial charge in [-0.3, -0.25) is 14.5 Å². The van der Waals surface area contributed by atoms with E-state index < -0.39 is 11.9 Å². The van der Waals surface area contributed by atoms with Gasteiger partial charge in [-0.2, -0.15) is 0 Å². The van der Waals surface area contributed by atoms with Gasteiger partial charge < -0.3 is 14.3 Å². The van der Waals surface area contributed by atoms with Crippen molar-refractivity contribution in [2.24, 2.45) is 0 Å². The van der Waals surface area contributed by atoms with E-state index in [1.807, 2.05) is 13.0 Å². The molecule has 6 nitrogen and oxygen atoms in total. The highest BCUT2D eigenvalue weighted by atomic mass is 79.9. The van der Waals surface area contributed by atoms with Crippen LogP contribution in [0.3, 0.4) is 0 Å². The number of amides is 1. The van der Waals surface area contributed by atoms with Crippen LogP contribution in [-0.2, 0) is 0 Å². The topological polar surface area (TPSA) is 80.0 Å². The van der Waals surface area contributed by atoms with Gasteiger partial charge in [0.15, 0.2) is 16.9 Å². The molecule has 33 heavy (non-hydrogen) atoms. The number of carbonyl (C=O) groups is 1. The fourth-order valence-corrected chi connectivity index (χ4v) is 4.85. The molecule has 4 aromatic rings. The van der Waals surface area contributed by atoms with Crippen LogP contribution in [0.5, 0.6) is 11.5 Å². The Morgan fingerprint density at radius 2 is 1.91 bits per heavy atom. The Balaban J connectivity index is 1.85. The lowest BCUT2D eigenvalue weighted by atomic mass is 9.97. The number of phenols is 1. The van der Waals surface area contributed by atoms with Crippen molar-refractivity contribution in [1.82, 2.24) is 0 Å². The van der Waals surface area contributed by atoms with Gasteiger partial charge in [-0.1, -0.05) is 29.3 Å². The molecule has 1 aliphatic rings. The Morgan fingerprint density at radius 1 is 1.12 bits per heavy atom. The summed E-state index contributed by atoms with van der Waals surface area (Å²) < 4.78 is 11.7. The van der Waals surface area contributed by atoms with E-state index in [1.54, 1.807) is 48.5 Å². The number of fused-ring (bicyclic) bond motifs is 2. The van der Waals surface area contributed by atoms with E-state index in [0.29, 0.717) is 31.7 Å². The zero-order chi connectivity index (χ0) is 23.4. The number of carbonyl (C=O) groups excluding carboxylic acids is 1. The maximum atomic E-state index is 13.7. The van der Waals surface area contributed by atoms with E-state index in [1.165, 1.54) is 12.0 Å². The molecule has 0 bridgehead atoms. The van der Waals surface area contributed by atoms with Crippen LogP contribution in [0.4, 0.5) is 5.69 Å². The Hall–Kier alpha value is -3.29. The summed E-state index contributed by atoms with van der Waals surface area (Å²) in [5, 5.41) is 11.1. The fourth-order valence-electron chi connectivity index (χ4n) is 4.20. The molecule has 3 aromatic carbocycles. The van der Waals surface area contributed by atoms with Crippen LogP contribution in [0, 0.1) is 6.92 Å². The number of benzene rings is 3. The molecule has 1 amide bonds. The molecule has 8 heteroatoms. The Bertz CT molecular complexity index is 1510. The predicted molar refractivity (Wildman–Crippen MR) is 130 cm³/mol. The Morgan fingerprint density at radius 3 is 2.64 bits per heavy atom. The van der Waals surface area contributed by atoms with Gasteiger partial charge in [0, 0.05) is 10.7 Å². The van der Waals surface area contributed by atoms with E-state index in [2.05, 4.69) is 15.9 Å². The third-order valence-electron chi connectivity index (χ3n) is 5.70. The van der Waals surface area contributed by atoms with Crippen LogP contribution in [-0.4, -0.2) is 18.1 Å². The number of phenolic OH excluding ortho intramolecular Hbond substituents is 1. The SMILES string of the molecule is COc1cc(C2c3c(oc4ccc(C)cc4c3=O)C(=O)N2c2cccc(Cl)c2)cc(Br)c1O. The number of hydrogen-bond donors (Lipinski definition) is 1. The highest BCUT2D eigenvalue weighted by Crippen LogP contribution is 2.45. The molecular formula is C25H17BrClNO5. The van der Waals surface area contributed by atoms with Crippen LogP contribution >= 0.6 is 27.5 Å². The molecule has 1 atom stereocenters. The summed E-state index contributed by atoms with van der Waals surface area (Å²) in [6, 6.07) is 14.5. The van der Waals surface area contributed by atoms with Gasteiger partial charge in [0.05, 0.1) is 28.6 Å². The lowest BCUT2D eigenvalue weighted by molar-refractivity contribution is 0.0971. The number of hydrogen-bond acceptors (Lipinski definition) is 5. The first-order valence-electron chi connectivity index (χ1n) is 10.0. The highest BCUT2D eigenvalue weighted by Gasteiger charge is 2.44. The number of halogens is 2. The van der Waals surface area contributed by atoms with E-state index in [9.17, 15) is 14.7 Å². The first-order valence-corrected chi connectivity index (χ1v) is 11.2. The molecule has 2 heterocycles. The standard InChI is InChI=1S/C25H17BrClNO5/c1-12-6-7-18-16(8-12)22(29)20-21(13-9-17(26)23(30)19(10-13)32-2)28(25(31)24(20)33-18)15-5-3-4-14(27)11-15/h3-11,21,30H,1-2H3. The minimum absolute atomic E-state index is 0.0236. The zero-order valence-electron chi connectivity index (χ0n) is 17.6. The molecule has 0 fully saturated rings. The van der Waals surface area contributed by atoms with Crippen molar-refractivity contribution in [3.05, 3.63) is 96.8 Å². The molecule has 1 N–H and O–H groups in total. The Kier molecular flexibility index (Phi) is 5.18. The summed E-state index contributed by atoms with van der Waals surface area (Å²) in [7, 11) is 1.43. The lowest BCUT2D eigenvalue weighted by Gasteiger charge is -2.26. The normalized spacial score (nSPS) is 15.2. The summed E-state index contributed by atoms with van der Waals surface area (Å²) in [4.78, 5) is 28.8. The first kappa shape index (κ1) is 21.6. The van der Waals surface area contributed by atoms with Gasteiger partial charge in [0.25, 0.3) is 5.91 Å². The van der Waals surface area contributed by atoms with Gasteiger partial charge in [-0.05, 0) is 70.9 Å². The largest absolute Gasteiger partial charge is 0.503 e. The quantitative estimate of drug-likeness (QED) is 0.355. The summed E-state index contributed by atoms with van der Waals surface area (Å²) >= 11 is 9.56. The van der Waals surface area contributed by atoms with Crippen molar-refractivity contribution in [2.75, 3.05) is 12.0 Å². The number of anilines is 1. The fraction of sp³-hybridized carbons (Fsp3) is 0.120. The van der Waals surface area contributed by atoms with Gasteiger partial charge in [0.1, 0.15) is 5.58 Å². The van der Waals surface area contributed by atoms with Crippen molar-refractivity contribution in [3.8, 4) is 11.5 Å². The average Bonchev–Trinajstić information content (AvgIpc) is 3.08. The van der Waals surface area contributed by atoms with Gasteiger partial charge in [-0.25, -0.2) is 0 Å². The summed E-state index contributed by atoms with van der Waals surface area (Å²) in [5.41, 5.74) is 2.23. The molecule has 0 aliphatic carbocycles. The highest BCUT2D eigenvalue weighted by molar-refractivity contribution is 9.10. The molecule has 0 spiro atoms. The van der Waals surface area contributed by atoms with Crippen molar-refractivity contribution >= 4 is 50.1 Å². The number of methoxy groups -OCH3 is 1. The second-order valence-corrected chi connectivity index (χ2v) is 9.08. The van der Waals surface area contributed by atoms with Gasteiger partial charge in [0.2, 0.25) is 5.76 Å². The van der Waals surface area contributed by atoms with Crippen LogP contribution in [0.25, 0.3) is 11.0 Å². The van der Waals surface area contributed by atoms with Crippen LogP contribution in [0.1, 0.15) is 33.3 Å². The molecular weight excluding hydrogens is 510 g/mol. The van der Waals surface area contributed by atoms with E-state index >= 15 is 0 Å². The number of rotatable bonds is 3. The molecule has 5 rings (SSSR count). The molecule has 0 radical (unpaired) electrons. The minimum atomic E-state index is -0.821. The molecule has 0 saturated carbocycles. The van der Waals surface area contributed by atoms with Crippen molar-refractivity contribution in [3.63, 3.8) is 0 Å². The zero-order valence-corrected chi connectivity index (χ0v) is 19.9. The molecule has 1 aliphatic heterocycles. The number of aryl methyl sites for hydroxylation is 1. The molecule has 0 saturated heterocycles. The van der Waals surface area contributed by atoms with Gasteiger partial charge in [-0.15, -0.1) is 0 Å². The van der Waals surface area contributed by atoms with E-state index in [0.717, 1.165) is 5.56 Å². The summed E-state index contributed by atoms with van der Waals surface area (Å²) in [5.74, 6) is -0.363. The molecule has 166 valence electrons. The first-order chi connectivity index (χ1) is 15.8. The van der Waals surface area contributed by atoms with Crippen molar-refractivity contribution in [1.29, 1.82) is 0 Å². The van der Waals surface area contributed by atoms with E-state index in [4.69, 9.17) is 20.8 Å². The molecule has 1 unspecified atom stereocenters. The Labute approximate surface area is 202 Å². The van der Waals surface area contributed by atoms with Crippen LogP contribution < -0.4 is 15.1 Å². The van der Waals surface area contributed by atoms with E-state index in [-0.39, 0.29) is 28.3 Å². The number of aromatic hydroxyl groups is 1. The van der Waals surface area contributed by atoms with Gasteiger partial charge >= 0.3 is 0 Å².